The number of aromatic nitrogens is 2. The van der Waals surface area contributed by atoms with Crippen molar-refractivity contribution in [3.8, 4) is 5.88 Å². The maximum atomic E-state index is 11.1. The number of aryl methyl sites for hydroxylation is 1. The van der Waals surface area contributed by atoms with Crippen molar-refractivity contribution in [2.24, 2.45) is 0 Å². The molecule has 2 N–H and O–H groups in total. The van der Waals surface area contributed by atoms with Gasteiger partial charge in [0.15, 0.2) is 0 Å². The van der Waals surface area contributed by atoms with Gasteiger partial charge in [-0.1, -0.05) is 0 Å². The number of hydrogen-bond donors (Lipinski definition) is 2. The Morgan fingerprint density at radius 3 is 3.25 bits per heavy atom. The first-order valence-electron chi connectivity index (χ1n) is 5.27. The Morgan fingerprint density at radius 2 is 2.56 bits per heavy atom. The first kappa shape index (κ1) is 11.1. The number of rotatable bonds is 3. The summed E-state index contributed by atoms with van der Waals surface area (Å²) >= 11 is 0. The Morgan fingerprint density at radius 1 is 1.69 bits per heavy atom. The van der Waals surface area contributed by atoms with Gasteiger partial charge in [-0.3, -0.25) is 4.79 Å². The van der Waals surface area contributed by atoms with Crippen LogP contribution in [0.5, 0.6) is 5.88 Å². The molecule has 0 aliphatic carbocycles. The molecule has 16 heavy (non-hydrogen) atoms. The molecule has 0 spiro atoms. The lowest BCUT2D eigenvalue weighted by molar-refractivity contribution is -0.000827. The van der Waals surface area contributed by atoms with E-state index in [2.05, 4.69) is 15.3 Å². The molecular weight excluding hydrogens is 210 g/mol. The van der Waals surface area contributed by atoms with Gasteiger partial charge < -0.3 is 19.8 Å². The van der Waals surface area contributed by atoms with E-state index in [-0.39, 0.29) is 11.7 Å². The van der Waals surface area contributed by atoms with Gasteiger partial charge in [0.1, 0.15) is 18.5 Å². The highest BCUT2D eigenvalue weighted by Gasteiger charge is 2.14. The van der Waals surface area contributed by atoms with Gasteiger partial charge in [-0.25, -0.2) is 4.98 Å². The second-order valence-electron chi connectivity index (χ2n) is 3.68. The summed E-state index contributed by atoms with van der Waals surface area (Å²) in [6.45, 7) is 4.45. The second-order valence-corrected chi connectivity index (χ2v) is 3.68. The van der Waals surface area contributed by atoms with Crippen LogP contribution in [0, 0.1) is 6.92 Å². The van der Waals surface area contributed by atoms with Crippen LogP contribution in [-0.4, -0.2) is 42.4 Å². The monoisotopic (exact) mass is 225 g/mol. The van der Waals surface area contributed by atoms with E-state index in [0.717, 1.165) is 13.1 Å². The Balaban J connectivity index is 1.90. The molecule has 1 aliphatic heterocycles. The minimum absolute atomic E-state index is 0.0233. The summed E-state index contributed by atoms with van der Waals surface area (Å²) in [7, 11) is 0. The maximum absolute atomic E-state index is 11.1. The molecule has 2 heterocycles. The summed E-state index contributed by atoms with van der Waals surface area (Å²) < 4.78 is 10.9. The zero-order valence-corrected chi connectivity index (χ0v) is 9.16. The van der Waals surface area contributed by atoms with E-state index < -0.39 is 0 Å². The molecular formula is C10H15N3O3. The first-order chi connectivity index (χ1) is 7.74. The van der Waals surface area contributed by atoms with Crippen LogP contribution in [0.25, 0.3) is 0 Å². The van der Waals surface area contributed by atoms with Crippen LogP contribution in [0.3, 0.4) is 0 Å². The molecule has 0 radical (unpaired) electrons. The van der Waals surface area contributed by atoms with Gasteiger partial charge in [0, 0.05) is 13.1 Å². The Hall–Kier alpha value is -1.40. The summed E-state index contributed by atoms with van der Waals surface area (Å²) in [6, 6.07) is 1.34. The van der Waals surface area contributed by atoms with E-state index >= 15 is 0 Å². The lowest BCUT2D eigenvalue weighted by Crippen LogP contribution is -2.41. The quantitative estimate of drug-likeness (QED) is 0.721. The van der Waals surface area contributed by atoms with Gasteiger partial charge in [-0.05, 0) is 6.92 Å². The van der Waals surface area contributed by atoms with Crippen molar-refractivity contribution in [2.75, 3.05) is 26.3 Å². The summed E-state index contributed by atoms with van der Waals surface area (Å²) in [5.41, 5.74) is -0.204. The predicted octanol–water partition coefficient (Wildman–Crippen LogP) is -0.554. The fourth-order valence-electron chi connectivity index (χ4n) is 1.53. The van der Waals surface area contributed by atoms with Gasteiger partial charge in [-0.15, -0.1) is 0 Å². The van der Waals surface area contributed by atoms with Gasteiger partial charge in [-0.2, -0.15) is 0 Å². The van der Waals surface area contributed by atoms with Crippen LogP contribution in [0.1, 0.15) is 5.82 Å². The molecule has 0 saturated carbocycles. The van der Waals surface area contributed by atoms with Crippen LogP contribution in [0.15, 0.2) is 10.9 Å². The van der Waals surface area contributed by atoms with E-state index in [4.69, 9.17) is 9.47 Å². The highest BCUT2D eigenvalue weighted by atomic mass is 16.5. The van der Waals surface area contributed by atoms with Gasteiger partial charge in [0.2, 0.25) is 5.88 Å². The molecule has 0 amide bonds. The second kappa shape index (κ2) is 5.09. The van der Waals surface area contributed by atoms with Gasteiger partial charge >= 0.3 is 0 Å². The van der Waals surface area contributed by atoms with Crippen LogP contribution < -0.4 is 15.6 Å². The third-order valence-corrected chi connectivity index (χ3v) is 2.26. The van der Waals surface area contributed by atoms with Crippen LogP contribution >= 0.6 is 0 Å². The van der Waals surface area contributed by atoms with Crippen molar-refractivity contribution in [3.05, 3.63) is 22.2 Å². The highest BCUT2D eigenvalue weighted by molar-refractivity contribution is 5.08. The fraction of sp³-hybridized carbons (Fsp3) is 0.600. The van der Waals surface area contributed by atoms with Crippen molar-refractivity contribution in [1.82, 2.24) is 15.3 Å². The number of H-pyrrole nitrogens is 1. The molecule has 1 aromatic rings. The molecule has 1 aromatic heterocycles. The molecule has 1 atom stereocenters. The van der Waals surface area contributed by atoms with Crippen LogP contribution in [0.2, 0.25) is 0 Å². The molecule has 1 fully saturated rings. The Kier molecular flexibility index (Phi) is 3.53. The van der Waals surface area contributed by atoms with Crippen LogP contribution in [-0.2, 0) is 4.74 Å². The molecule has 88 valence electrons. The smallest absolute Gasteiger partial charge is 0.254 e. The lowest BCUT2D eigenvalue weighted by atomic mass is 10.3. The number of nitrogens with one attached hydrogen (secondary N) is 2. The average molecular weight is 225 g/mol. The van der Waals surface area contributed by atoms with Crippen molar-refractivity contribution < 1.29 is 9.47 Å². The number of aromatic amines is 1. The molecule has 1 aliphatic rings. The molecule has 1 unspecified atom stereocenters. The van der Waals surface area contributed by atoms with E-state index in [1.807, 2.05) is 0 Å². The molecule has 0 bridgehead atoms. The van der Waals surface area contributed by atoms with Gasteiger partial charge in [0.25, 0.3) is 5.56 Å². The van der Waals surface area contributed by atoms with Crippen molar-refractivity contribution >= 4 is 0 Å². The number of ether oxygens (including phenoxy) is 2. The first-order valence-corrected chi connectivity index (χ1v) is 5.27. The zero-order valence-electron chi connectivity index (χ0n) is 9.16. The van der Waals surface area contributed by atoms with Crippen molar-refractivity contribution in [1.29, 1.82) is 0 Å². The lowest BCUT2D eigenvalue weighted by Gasteiger charge is -2.23. The Bertz CT molecular complexity index is 399. The largest absolute Gasteiger partial charge is 0.475 e. The summed E-state index contributed by atoms with van der Waals surface area (Å²) in [4.78, 5) is 17.8. The third kappa shape index (κ3) is 3.04. The van der Waals surface area contributed by atoms with Gasteiger partial charge in [0.05, 0.1) is 12.7 Å². The SMILES string of the molecule is Cc1nc(OCC2CNCCO2)cc(=O)[nH]1. The minimum atomic E-state index is -0.204. The molecule has 2 rings (SSSR count). The molecule has 1 saturated heterocycles. The summed E-state index contributed by atoms with van der Waals surface area (Å²) in [5, 5.41) is 3.20. The van der Waals surface area contributed by atoms with Crippen molar-refractivity contribution in [2.45, 2.75) is 13.0 Å². The van der Waals surface area contributed by atoms with Crippen molar-refractivity contribution in [3.63, 3.8) is 0 Å². The third-order valence-electron chi connectivity index (χ3n) is 2.26. The van der Waals surface area contributed by atoms with E-state index in [1.54, 1.807) is 6.92 Å². The average Bonchev–Trinajstić information content (AvgIpc) is 2.27. The van der Waals surface area contributed by atoms with E-state index in [9.17, 15) is 4.79 Å². The number of morpholine rings is 1. The number of hydrogen-bond acceptors (Lipinski definition) is 5. The maximum Gasteiger partial charge on any atom is 0.254 e. The Labute approximate surface area is 93.0 Å². The summed E-state index contributed by atoms with van der Waals surface area (Å²) in [5.74, 6) is 0.889. The molecule has 6 nitrogen and oxygen atoms in total. The normalized spacial score (nSPS) is 20.7. The summed E-state index contributed by atoms with van der Waals surface area (Å²) in [6.07, 6.45) is 0.0233. The molecule has 6 heteroatoms. The van der Waals surface area contributed by atoms with E-state index in [0.29, 0.717) is 24.9 Å². The molecule has 0 aromatic carbocycles. The van der Waals surface area contributed by atoms with Crippen LogP contribution in [0.4, 0.5) is 0 Å². The fourth-order valence-corrected chi connectivity index (χ4v) is 1.53. The minimum Gasteiger partial charge on any atom is -0.475 e. The standard InChI is InChI=1S/C10H15N3O3/c1-7-12-9(14)4-10(13-7)16-6-8-5-11-2-3-15-8/h4,8,11H,2-3,5-6H2,1H3,(H,12,13,14). The predicted molar refractivity (Wildman–Crippen MR) is 57.7 cm³/mol. The highest BCUT2D eigenvalue weighted by Crippen LogP contribution is 2.04. The number of nitrogens with zero attached hydrogens (tertiary/aromatic N) is 1. The zero-order chi connectivity index (χ0) is 11.4. The van der Waals surface area contributed by atoms with E-state index in [1.165, 1.54) is 6.07 Å². The topological polar surface area (TPSA) is 76.2 Å².